The summed E-state index contributed by atoms with van der Waals surface area (Å²) >= 11 is 0. The Labute approximate surface area is 202 Å². The number of fused-ring (bicyclic) bond motifs is 4. The Morgan fingerprint density at radius 1 is 1.06 bits per heavy atom. The van der Waals surface area contributed by atoms with Gasteiger partial charge >= 0.3 is 0 Å². The van der Waals surface area contributed by atoms with E-state index in [4.69, 9.17) is 14.7 Å². The average Bonchev–Trinajstić information content (AvgIpc) is 3.59. The number of benzene rings is 2. The lowest BCUT2D eigenvalue weighted by Gasteiger charge is -2.45. The summed E-state index contributed by atoms with van der Waals surface area (Å²) < 4.78 is 7.64. The van der Waals surface area contributed by atoms with Crippen LogP contribution in [0.15, 0.2) is 73.2 Å². The zero-order chi connectivity index (χ0) is 23.2. The number of aromatic amines is 1. The number of anilines is 2. The Hall–Kier alpha value is -4.24. The van der Waals surface area contributed by atoms with E-state index in [1.807, 2.05) is 59.7 Å². The molecule has 2 aliphatic rings. The molecule has 0 amide bonds. The summed E-state index contributed by atoms with van der Waals surface area (Å²) in [6.07, 6.45) is 5.89. The first-order valence-corrected chi connectivity index (χ1v) is 11.8. The molecule has 1 fully saturated rings. The van der Waals surface area contributed by atoms with Crippen LogP contribution in [0.2, 0.25) is 0 Å². The van der Waals surface area contributed by atoms with Gasteiger partial charge in [-0.1, -0.05) is 35.5 Å². The Morgan fingerprint density at radius 2 is 2.00 bits per heavy atom. The number of rotatable bonds is 4. The van der Waals surface area contributed by atoms with Gasteiger partial charge in [0.05, 0.1) is 49.6 Å². The molecule has 0 radical (unpaired) electrons. The van der Waals surface area contributed by atoms with E-state index in [-0.39, 0.29) is 6.04 Å². The quantitative estimate of drug-likeness (QED) is 0.436. The number of nitrogens with zero attached hydrogens (tertiary/aromatic N) is 7. The molecule has 35 heavy (non-hydrogen) atoms. The Morgan fingerprint density at radius 3 is 2.94 bits per heavy atom. The molecule has 1 N–H and O–H groups in total. The van der Waals surface area contributed by atoms with Crippen LogP contribution in [0.4, 0.5) is 11.5 Å². The number of hydrogen-bond donors (Lipinski definition) is 1. The topological polar surface area (TPSA) is 88.0 Å². The molecule has 1 unspecified atom stereocenters. The highest BCUT2D eigenvalue weighted by molar-refractivity contribution is 5.93. The van der Waals surface area contributed by atoms with Crippen molar-refractivity contribution in [1.82, 2.24) is 29.9 Å². The zero-order valence-electron chi connectivity index (χ0n) is 19.1. The van der Waals surface area contributed by atoms with Crippen LogP contribution < -0.4 is 9.80 Å². The van der Waals surface area contributed by atoms with Gasteiger partial charge in [0, 0.05) is 35.8 Å². The zero-order valence-corrected chi connectivity index (χ0v) is 19.1. The maximum absolute atomic E-state index is 5.83. The predicted molar refractivity (Wildman–Crippen MR) is 134 cm³/mol. The van der Waals surface area contributed by atoms with E-state index in [1.165, 1.54) is 0 Å². The second kappa shape index (κ2) is 8.21. The van der Waals surface area contributed by atoms with Crippen LogP contribution in [0.25, 0.3) is 28.0 Å². The average molecular weight is 465 g/mol. The van der Waals surface area contributed by atoms with Crippen molar-refractivity contribution in [1.29, 1.82) is 0 Å². The molecule has 7 rings (SSSR count). The summed E-state index contributed by atoms with van der Waals surface area (Å²) in [7, 11) is 0. The number of para-hydroxylation sites is 1. The first-order chi connectivity index (χ1) is 17.3. The van der Waals surface area contributed by atoms with E-state index in [9.17, 15) is 0 Å². The Bertz CT molecular complexity index is 1490. The molecular weight excluding hydrogens is 440 g/mol. The number of ether oxygens (including phenoxy) is 1. The molecule has 2 aromatic carbocycles. The molecule has 0 bridgehead atoms. The number of nitrogens with one attached hydrogen (secondary N) is 1. The van der Waals surface area contributed by atoms with Gasteiger partial charge in [-0.15, -0.1) is 5.10 Å². The molecule has 174 valence electrons. The van der Waals surface area contributed by atoms with Crippen molar-refractivity contribution < 1.29 is 4.74 Å². The summed E-state index contributed by atoms with van der Waals surface area (Å²) in [5.41, 5.74) is 5.01. The Balaban J connectivity index is 1.26. The highest BCUT2D eigenvalue weighted by Crippen LogP contribution is 2.37. The predicted octanol–water partition coefficient (Wildman–Crippen LogP) is 3.43. The summed E-state index contributed by atoms with van der Waals surface area (Å²) in [5.74, 6) is 1.69. The van der Waals surface area contributed by atoms with Gasteiger partial charge in [0.25, 0.3) is 0 Å². The molecule has 0 spiro atoms. The molecule has 1 saturated heterocycles. The minimum Gasteiger partial charge on any atom is -0.377 e. The first kappa shape index (κ1) is 20.2. The van der Waals surface area contributed by atoms with E-state index < -0.39 is 0 Å². The van der Waals surface area contributed by atoms with Crippen LogP contribution in [0, 0.1) is 0 Å². The van der Waals surface area contributed by atoms with Crippen LogP contribution in [0.3, 0.4) is 0 Å². The van der Waals surface area contributed by atoms with Crippen molar-refractivity contribution in [3.05, 3.63) is 78.9 Å². The molecule has 5 aromatic rings. The Kier molecular flexibility index (Phi) is 4.73. The van der Waals surface area contributed by atoms with Crippen LogP contribution in [-0.2, 0) is 11.3 Å². The monoisotopic (exact) mass is 464 g/mol. The van der Waals surface area contributed by atoms with Crippen molar-refractivity contribution in [2.75, 3.05) is 36.1 Å². The van der Waals surface area contributed by atoms with E-state index in [0.29, 0.717) is 19.8 Å². The third-order valence-electron chi connectivity index (χ3n) is 6.77. The van der Waals surface area contributed by atoms with E-state index in [1.54, 1.807) is 0 Å². The van der Waals surface area contributed by atoms with Crippen molar-refractivity contribution in [2.45, 2.75) is 12.6 Å². The van der Waals surface area contributed by atoms with E-state index >= 15 is 0 Å². The lowest BCUT2D eigenvalue weighted by atomic mass is 10.1. The fourth-order valence-electron chi connectivity index (χ4n) is 5.07. The van der Waals surface area contributed by atoms with Crippen molar-refractivity contribution >= 4 is 22.4 Å². The highest BCUT2D eigenvalue weighted by atomic mass is 16.5. The molecule has 0 aliphatic carbocycles. The number of H-pyrrole nitrogens is 1. The minimum atomic E-state index is 0.228. The SMILES string of the molecule is c1ccc(-n2cc(CN3CC4COCCN4c4nc(-c5cccc6[nH]ccc56)ncc43)nn2)cc1. The summed E-state index contributed by atoms with van der Waals surface area (Å²) in [5, 5.41) is 9.90. The number of hydrogen-bond acceptors (Lipinski definition) is 7. The van der Waals surface area contributed by atoms with Gasteiger partial charge in [-0.05, 0) is 24.3 Å². The maximum Gasteiger partial charge on any atom is 0.162 e. The van der Waals surface area contributed by atoms with Crippen LogP contribution >= 0.6 is 0 Å². The van der Waals surface area contributed by atoms with Gasteiger partial charge in [0.2, 0.25) is 0 Å². The van der Waals surface area contributed by atoms with Gasteiger partial charge in [-0.25, -0.2) is 14.6 Å². The van der Waals surface area contributed by atoms with Crippen molar-refractivity contribution in [2.24, 2.45) is 0 Å². The smallest absolute Gasteiger partial charge is 0.162 e. The standard InChI is InChI=1S/C26H24N8O/c1-2-5-19(6-3-1)34-15-18(30-31-34)14-32-16-20-17-35-12-11-33(20)26-24(32)13-28-25(29-26)22-7-4-8-23-21(22)9-10-27-23/h1-10,13,15,20,27H,11-12,14,16-17H2. The van der Waals surface area contributed by atoms with Gasteiger partial charge < -0.3 is 19.5 Å². The fourth-order valence-corrected chi connectivity index (χ4v) is 5.07. The largest absolute Gasteiger partial charge is 0.377 e. The third kappa shape index (κ3) is 3.52. The van der Waals surface area contributed by atoms with Crippen LogP contribution in [0.5, 0.6) is 0 Å². The van der Waals surface area contributed by atoms with E-state index in [0.717, 1.165) is 58.3 Å². The molecule has 9 heteroatoms. The lowest BCUT2D eigenvalue weighted by molar-refractivity contribution is 0.0936. The van der Waals surface area contributed by atoms with Crippen LogP contribution in [0.1, 0.15) is 5.69 Å². The second-order valence-electron chi connectivity index (χ2n) is 8.94. The summed E-state index contributed by atoms with van der Waals surface area (Å²) in [6, 6.07) is 18.5. The molecule has 1 atom stereocenters. The number of morpholine rings is 1. The fraction of sp³-hybridized carbons (Fsp3) is 0.231. The van der Waals surface area contributed by atoms with Gasteiger partial charge in [-0.2, -0.15) is 0 Å². The van der Waals surface area contributed by atoms with Crippen molar-refractivity contribution in [3.8, 4) is 17.1 Å². The van der Waals surface area contributed by atoms with Crippen molar-refractivity contribution in [3.63, 3.8) is 0 Å². The lowest BCUT2D eigenvalue weighted by Crippen LogP contribution is -2.55. The summed E-state index contributed by atoms with van der Waals surface area (Å²) in [6.45, 7) is 3.65. The first-order valence-electron chi connectivity index (χ1n) is 11.8. The molecule has 3 aromatic heterocycles. The van der Waals surface area contributed by atoms with Gasteiger partial charge in [0.1, 0.15) is 5.69 Å². The summed E-state index contributed by atoms with van der Waals surface area (Å²) in [4.78, 5) is 17.9. The second-order valence-corrected chi connectivity index (χ2v) is 8.94. The molecule has 2 aliphatic heterocycles. The highest BCUT2D eigenvalue weighted by Gasteiger charge is 2.35. The molecule has 9 nitrogen and oxygen atoms in total. The molecular formula is C26H24N8O. The van der Waals surface area contributed by atoms with Gasteiger partial charge in [0.15, 0.2) is 11.6 Å². The third-order valence-corrected chi connectivity index (χ3v) is 6.77. The maximum atomic E-state index is 5.83. The van der Waals surface area contributed by atoms with Crippen LogP contribution in [-0.4, -0.2) is 62.3 Å². The van der Waals surface area contributed by atoms with Gasteiger partial charge in [-0.3, -0.25) is 0 Å². The van der Waals surface area contributed by atoms with E-state index in [2.05, 4.69) is 43.3 Å². The normalized spacial score (nSPS) is 17.4. The molecule has 5 heterocycles. The molecule has 0 saturated carbocycles. The number of aromatic nitrogens is 6. The minimum absolute atomic E-state index is 0.228.